The summed E-state index contributed by atoms with van der Waals surface area (Å²) < 4.78 is 7.07. The molecule has 0 unspecified atom stereocenters. The van der Waals surface area contributed by atoms with Crippen molar-refractivity contribution >= 4 is 43.8 Å². The summed E-state index contributed by atoms with van der Waals surface area (Å²) in [5.74, 6) is 1.33. The van der Waals surface area contributed by atoms with Gasteiger partial charge in [-0.15, -0.1) is 0 Å². The summed E-state index contributed by atoms with van der Waals surface area (Å²) >= 11 is 1.65. The molecule has 30 heavy (non-hydrogen) atoms. The predicted molar refractivity (Wildman–Crippen MR) is 125 cm³/mol. The van der Waals surface area contributed by atoms with Gasteiger partial charge in [0.15, 0.2) is 10.7 Å². The van der Waals surface area contributed by atoms with Gasteiger partial charge in [-0.25, -0.2) is 4.98 Å². The molecule has 156 valence electrons. The quantitative estimate of drug-likeness (QED) is 0.397. The second-order valence-electron chi connectivity index (χ2n) is 8.81. The van der Waals surface area contributed by atoms with Crippen LogP contribution in [0, 0.1) is 5.92 Å². The lowest BCUT2D eigenvalue weighted by Crippen LogP contribution is -2.32. The normalized spacial score (nSPS) is 16.1. The Labute approximate surface area is 181 Å². The molecular weight excluding hydrogens is 392 g/mol. The molecular formula is C24H28N4OS. The Morgan fingerprint density at radius 1 is 1.10 bits per heavy atom. The molecule has 0 amide bonds. The fourth-order valence-corrected chi connectivity index (χ4v) is 4.97. The van der Waals surface area contributed by atoms with Gasteiger partial charge in [0.1, 0.15) is 5.52 Å². The minimum atomic E-state index is 0.467. The highest BCUT2D eigenvalue weighted by atomic mass is 32.1. The van der Waals surface area contributed by atoms with Crippen LogP contribution in [0.2, 0.25) is 0 Å². The number of fused-ring (bicyclic) bond motifs is 2. The third kappa shape index (κ3) is 4.07. The van der Waals surface area contributed by atoms with Crippen molar-refractivity contribution in [2.45, 2.75) is 46.1 Å². The fourth-order valence-electron chi connectivity index (χ4n) is 4.05. The van der Waals surface area contributed by atoms with Gasteiger partial charge in [-0.2, -0.15) is 4.98 Å². The van der Waals surface area contributed by atoms with Crippen molar-refractivity contribution in [3.8, 4) is 0 Å². The number of likely N-dealkylation sites (tertiary alicyclic amines) is 1. The van der Waals surface area contributed by atoms with E-state index in [1.807, 2.05) is 6.07 Å². The Morgan fingerprint density at radius 2 is 1.93 bits per heavy atom. The number of benzene rings is 2. The third-order valence-electron chi connectivity index (χ3n) is 6.03. The zero-order chi connectivity index (χ0) is 20.7. The summed E-state index contributed by atoms with van der Waals surface area (Å²) in [7, 11) is 0. The van der Waals surface area contributed by atoms with E-state index in [-0.39, 0.29) is 0 Å². The van der Waals surface area contributed by atoms with Crippen molar-refractivity contribution in [3.63, 3.8) is 0 Å². The van der Waals surface area contributed by atoms with Crippen LogP contribution in [0.15, 0.2) is 40.8 Å². The molecule has 0 bridgehead atoms. The van der Waals surface area contributed by atoms with E-state index in [0.717, 1.165) is 34.2 Å². The Kier molecular flexibility index (Phi) is 5.21. The molecule has 0 saturated carbocycles. The van der Waals surface area contributed by atoms with E-state index in [2.05, 4.69) is 66.3 Å². The molecule has 5 rings (SSSR count). The van der Waals surface area contributed by atoms with Gasteiger partial charge in [0.2, 0.25) is 0 Å². The Bertz CT molecular complexity index is 1170. The standard InChI is InChI=1S/C24H28N4OS/c1-15(2)18-5-7-21-20(13-18)25-23(29-21)27-24-26-19-6-4-17(12-22(19)30-24)14-28-10-8-16(3)9-11-28/h4-7,12-13,15-16H,8-11,14H2,1-3H3,(H,25,26,27). The first-order valence-corrected chi connectivity index (χ1v) is 11.6. The Morgan fingerprint density at radius 3 is 2.73 bits per heavy atom. The van der Waals surface area contributed by atoms with Crippen molar-refractivity contribution in [3.05, 3.63) is 47.5 Å². The molecule has 2 aromatic heterocycles. The minimum absolute atomic E-state index is 0.467. The van der Waals surface area contributed by atoms with Crippen LogP contribution in [0.25, 0.3) is 21.3 Å². The number of piperidine rings is 1. The maximum atomic E-state index is 5.87. The van der Waals surface area contributed by atoms with E-state index < -0.39 is 0 Å². The summed E-state index contributed by atoms with van der Waals surface area (Å²) in [6.45, 7) is 10.1. The Balaban J connectivity index is 1.33. The van der Waals surface area contributed by atoms with Crippen LogP contribution in [0.5, 0.6) is 0 Å². The molecule has 0 radical (unpaired) electrons. The largest absolute Gasteiger partial charge is 0.423 e. The zero-order valence-corrected chi connectivity index (χ0v) is 18.6. The first-order valence-electron chi connectivity index (χ1n) is 10.8. The van der Waals surface area contributed by atoms with Gasteiger partial charge < -0.3 is 4.42 Å². The zero-order valence-electron chi connectivity index (χ0n) is 17.8. The van der Waals surface area contributed by atoms with Gasteiger partial charge in [-0.1, -0.05) is 44.2 Å². The van der Waals surface area contributed by atoms with E-state index in [0.29, 0.717) is 11.9 Å². The summed E-state index contributed by atoms with van der Waals surface area (Å²) in [6, 6.07) is 13.3. The molecule has 4 aromatic rings. The van der Waals surface area contributed by atoms with Crippen molar-refractivity contribution < 1.29 is 4.42 Å². The van der Waals surface area contributed by atoms with Crippen LogP contribution < -0.4 is 5.32 Å². The van der Waals surface area contributed by atoms with Gasteiger partial charge in [-0.05, 0) is 73.2 Å². The lowest BCUT2D eigenvalue weighted by molar-refractivity contribution is 0.185. The van der Waals surface area contributed by atoms with Gasteiger partial charge in [0.05, 0.1) is 10.2 Å². The molecule has 0 atom stereocenters. The van der Waals surface area contributed by atoms with Crippen LogP contribution >= 0.6 is 11.3 Å². The number of rotatable bonds is 5. The summed E-state index contributed by atoms with van der Waals surface area (Å²) in [5.41, 5.74) is 5.30. The second kappa shape index (κ2) is 8.00. The number of nitrogens with one attached hydrogen (secondary N) is 1. The third-order valence-corrected chi connectivity index (χ3v) is 6.96. The number of hydrogen-bond acceptors (Lipinski definition) is 6. The van der Waals surface area contributed by atoms with Crippen molar-refractivity contribution in [1.82, 2.24) is 14.9 Å². The molecule has 0 aliphatic carbocycles. The predicted octanol–water partition coefficient (Wildman–Crippen LogP) is 6.54. The summed E-state index contributed by atoms with van der Waals surface area (Å²) in [5, 5.41) is 4.07. The van der Waals surface area contributed by atoms with E-state index in [4.69, 9.17) is 9.40 Å². The highest BCUT2D eigenvalue weighted by molar-refractivity contribution is 7.22. The molecule has 5 nitrogen and oxygen atoms in total. The van der Waals surface area contributed by atoms with Gasteiger partial charge in [-0.3, -0.25) is 10.2 Å². The molecule has 2 aromatic carbocycles. The SMILES string of the molecule is CC1CCN(Cc2ccc3nc(Nc4nc5cc(C(C)C)ccc5o4)sc3c2)CC1. The van der Waals surface area contributed by atoms with Crippen LogP contribution in [-0.4, -0.2) is 28.0 Å². The van der Waals surface area contributed by atoms with Crippen LogP contribution in [0.4, 0.5) is 11.1 Å². The number of nitrogens with zero attached hydrogens (tertiary/aromatic N) is 3. The number of thiazole rings is 1. The van der Waals surface area contributed by atoms with E-state index in [1.54, 1.807) is 11.3 Å². The number of hydrogen-bond donors (Lipinski definition) is 1. The minimum Gasteiger partial charge on any atom is -0.423 e. The molecule has 1 N–H and O–H groups in total. The molecule has 3 heterocycles. The molecule has 1 fully saturated rings. The summed E-state index contributed by atoms with van der Waals surface area (Å²) in [6.07, 6.45) is 2.61. The average Bonchev–Trinajstić information content (AvgIpc) is 3.31. The van der Waals surface area contributed by atoms with Crippen LogP contribution in [-0.2, 0) is 6.54 Å². The highest BCUT2D eigenvalue weighted by Crippen LogP contribution is 2.31. The number of oxazole rings is 1. The maximum Gasteiger partial charge on any atom is 0.302 e. The highest BCUT2D eigenvalue weighted by Gasteiger charge is 2.16. The van der Waals surface area contributed by atoms with E-state index in [9.17, 15) is 0 Å². The molecule has 1 saturated heterocycles. The lowest BCUT2D eigenvalue weighted by atomic mass is 9.99. The van der Waals surface area contributed by atoms with E-state index in [1.165, 1.54) is 41.8 Å². The van der Waals surface area contributed by atoms with Crippen LogP contribution in [0.1, 0.15) is 50.7 Å². The number of anilines is 2. The first-order chi connectivity index (χ1) is 14.5. The van der Waals surface area contributed by atoms with E-state index >= 15 is 0 Å². The second-order valence-corrected chi connectivity index (χ2v) is 9.84. The summed E-state index contributed by atoms with van der Waals surface area (Å²) in [4.78, 5) is 11.9. The van der Waals surface area contributed by atoms with Gasteiger partial charge in [0.25, 0.3) is 0 Å². The van der Waals surface area contributed by atoms with Gasteiger partial charge >= 0.3 is 6.01 Å². The monoisotopic (exact) mass is 420 g/mol. The molecule has 0 spiro atoms. The van der Waals surface area contributed by atoms with Crippen molar-refractivity contribution in [2.24, 2.45) is 5.92 Å². The maximum absolute atomic E-state index is 5.87. The van der Waals surface area contributed by atoms with Crippen LogP contribution in [0.3, 0.4) is 0 Å². The van der Waals surface area contributed by atoms with Crippen molar-refractivity contribution in [1.29, 1.82) is 0 Å². The lowest BCUT2D eigenvalue weighted by Gasteiger charge is -2.30. The first kappa shape index (κ1) is 19.5. The fraction of sp³-hybridized carbons (Fsp3) is 0.417. The van der Waals surface area contributed by atoms with Crippen molar-refractivity contribution in [2.75, 3.05) is 18.4 Å². The molecule has 6 heteroatoms. The smallest absolute Gasteiger partial charge is 0.302 e. The average molecular weight is 421 g/mol. The Hall–Kier alpha value is -2.44. The molecule has 1 aliphatic rings. The molecule has 1 aliphatic heterocycles. The number of aromatic nitrogens is 2. The topological polar surface area (TPSA) is 54.2 Å². The van der Waals surface area contributed by atoms with Gasteiger partial charge in [0, 0.05) is 6.54 Å².